The smallest absolute Gasteiger partial charge is 0.475 e. The number of nitrogens with zero attached hydrogens (tertiary/aromatic N) is 4. The summed E-state index contributed by atoms with van der Waals surface area (Å²) in [4.78, 5) is 35.6. The first-order valence-electron chi connectivity index (χ1n) is 15.4. The van der Waals surface area contributed by atoms with Gasteiger partial charge >= 0.3 is 36.4 Å². The maximum atomic E-state index is 13.5. The molecule has 308 valence electrons. The van der Waals surface area contributed by atoms with Gasteiger partial charge in [0, 0.05) is 47.0 Å². The normalized spacial score (nSPS) is 13.2. The lowest BCUT2D eigenvalue weighted by Gasteiger charge is -2.22. The molecule has 0 radical (unpaired) electrons. The van der Waals surface area contributed by atoms with E-state index in [-0.39, 0.29) is 5.69 Å². The lowest BCUT2D eigenvalue weighted by Crippen LogP contribution is -2.29. The lowest BCUT2D eigenvalue weighted by atomic mass is 10.1. The van der Waals surface area contributed by atoms with Gasteiger partial charge in [0.1, 0.15) is 23.0 Å². The number of alkyl halides is 9. The molecule has 0 unspecified atom stereocenters. The fourth-order valence-corrected chi connectivity index (χ4v) is 4.47. The molecule has 1 aliphatic heterocycles. The minimum absolute atomic E-state index is 0.290. The van der Waals surface area contributed by atoms with Crippen molar-refractivity contribution in [3.63, 3.8) is 0 Å². The van der Waals surface area contributed by atoms with Gasteiger partial charge in [0.2, 0.25) is 5.89 Å². The first kappa shape index (κ1) is 44.9. The van der Waals surface area contributed by atoms with Crippen LogP contribution in [0.3, 0.4) is 0 Å². The van der Waals surface area contributed by atoms with Crippen molar-refractivity contribution < 1.29 is 82.4 Å². The Bertz CT molecular complexity index is 2100. The number of rotatable bonds is 5. The number of hydrogen-bond donors (Lipinski definition) is 6. The molecule has 6 rings (SSSR count). The van der Waals surface area contributed by atoms with Crippen molar-refractivity contribution in [2.45, 2.75) is 37.4 Å². The second-order valence-electron chi connectivity index (χ2n) is 11.2. The number of nitrogens with two attached hydrogens (primary N) is 1. The Hall–Kier alpha value is -6.53. The monoisotopic (exact) mass is 829 g/mol. The minimum atomic E-state index is -5.08. The van der Waals surface area contributed by atoms with Gasteiger partial charge in [-0.25, -0.2) is 33.1 Å². The van der Waals surface area contributed by atoms with E-state index in [4.69, 9.17) is 39.9 Å². The van der Waals surface area contributed by atoms with Crippen molar-refractivity contribution in [2.24, 2.45) is 0 Å². The number of anilines is 3. The summed E-state index contributed by atoms with van der Waals surface area (Å²) >= 11 is 0. The van der Waals surface area contributed by atoms with E-state index in [1.165, 1.54) is 12.1 Å². The number of benzene rings is 2. The molecule has 0 atom stereocenters. The Balaban J connectivity index is 0.000000341. The highest BCUT2D eigenvalue weighted by Gasteiger charge is 2.39. The van der Waals surface area contributed by atoms with Crippen LogP contribution < -0.4 is 16.4 Å². The molecule has 1 fully saturated rings. The Labute approximate surface area is 310 Å². The highest BCUT2D eigenvalue weighted by Crippen LogP contribution is 2.33. The number of fused-ring (bicyclic) bond motifs is 1. The van der Waals surface area contributed by atoms with Gasteiger partial charge in [-0.05, 0) is 56.3 Å². The van der Waals surface area contributed by atoms with Crippen molar-refractivity contribution in [2.75, 3.05) is 24.1 Å². The zero-order chi connectivity index (χ0) is 42.9. The zero-order valence-electron chi connectivity index (χ0n) is 28.2. The highest BCUT2D eigenvalue weighted by molar-refractivity contribution is 5.83. The summed E-state index contributed by atoms with van der Waals surface area (Å²) in [6.07, 6.45) is -7.59. The van der Waals surface area contributed by atoms with Crippen molar-refractivity contribution in [1.29, 1.82) is 0 Å². The number of nitrogens with one attached hydrogen (secondary N) is 2. The number of piperidine rings is 1. The van der Waals surface area contributed by atoms with Crippen LogP contribution in [0.1, 0.15) is 18.9 Å². The van der Waals surface area contributed by atoms with Crippen LogP contribution in [-0.4, -0.2) is 84.6 Å². The number of halogens is 11. The molecule has 0 saturated carbocycles. The number of aromatic nitrogens is 4. The second-order valence-corrected chi connectivity index (χ2v) is 11.2. The third-order valence-corrected chi connectivity index (χ3v) is 7.03. The molecule has 3 aromatic heterocycles. The molecule has 2 aromatic carbocycles. The van der Waals surface area contributed by atoms with Crippen molar-refractivity contribution in [1.82, 2.24) is 25.1 Å². The molecule has 7 N–H and O–H groups in total. The van der Waals surface area contributed by atoms with Gasteiger partial charge in [-0.15, -0.1) is 0 Å². The van der Waals surface area contributed by atoms with Crippen LogP contribution in [0.2, 0.25) is 0 Å². The summed E-state index contributed by atoms with van der Waals surface area (Å²) in [6, 6.07) is 10.7. The van der Waals surface area contributed by atoms with E-state index < -0.39 is 48.1 Å². The standard InChI is InChI=1S/C26H23F2N7O.3C2HF3O2/c27-17-8-18(28)10-20(9-17)33-19-1-2-23-24(11-19)36-26(34-23)22-7-15(12-31-25(22)29)16-13-32-35(14-16)21-3-5-30-6-4-21;3*3-2(4,5)1(6)7/h1-2,7-14,21,30,33H,3-6H2,(H2,29,31);3*(H,6,7). The molecule has 4 heterocycles. The summed E-state index contributed by atoms with van der Waals surface area (Å²) in [5, 5.41) is 32.3. The Kier molecular flexibility index (Phi) is 14.5. The number of pyridine rings is 1. The third-order valence-electron chi connectivity index (χ3n) is 7.03. The number of aliphatic carboxylic acids is 3. The van der Waals surface area contributed by atoms with Crippen LogP contribution in [0.5, 0.6) is 0 Å². The van der Waals surface area contributed by atoms with Crippen LogP contribution in [-0.2, 0) is 14.4 Å². The van der Waals surface area contributed by atoms with Crippen LogP contribution >= 0.6 is 0 Å². The molecular weight excluding hydrogens is 803 g/mol. The number of carboxylic acid groups (broad SMARTS) is 3. The molecule has 5 aromatic rings. The fourth-order valence-electron chi connectivity index (χ4n) is 4.47. The van der Waals surface area contributed by atoms with Crippen molar-refractivity contribution >= 4 is 46.2 Å². The number of oxazole rings is 1. The molecule has 1 aliphatic rings. The Morgan fingerprint density at radius 3 is 1.81 bits per heavy atom. The van der Waals surface area contributed by atoms with Gasteiger partial charge in [-0.1, -0.05) is 0 Å². The summed E-state index contributed by atoms with van der Waals surface area (Å²) in [6.45, 7) is 1.98. The number of hydrogen-bond acceptors (Lipinski definition) is 10. The maximum Gasteiger partial charge on any atom is 0.490 e. The highest BCUT2D eigenvalue weighted by atomic mass is 19.4. The van der Waals surface area contributed by atoms with Gasteiger partial charge in [0.25, 0.3) is 0 Å². The molecule has 0 amide bonds. The first-order chi connectivity index (χ1) is 26.3. The van der Waals surface area contributed by atoms with Crippen LogP contribution in [0.25, 0.3) is 33.7 Å². The molecule has 1 saturated heterocycles. The van der Waals surface area contributed by atoms with Gasteiger partial charge in [-0.2, -0.15) is 44.6 Å². The molecule has 0 spiro atoms. The van der Waals surface area contributed by atoms with Crippen LogP contribution in [0.4, 0.5) is 65.5 Å². The van der Waals surface area contributed by atoms with Gasteiger partial charge in [-0.3, -0.25) is 4.68 Å². The average Bonchev–Trinajstić information content (AvgIpc) is 3.76. The van der Waals surface area contributed by atoms with Crippen molar-refractivity contribution in [3.05, 3.63) is 72.7 Å². The maximum absolute atomic E-state index is 13.5. The number of carboxylic acids is 3. The molecular formula is C32H26F11N7O7. The topological polar surface area (TPSA) is 219 Å². The summed E-state index contributed by atoms with van der Waals surface area (Å²) in [7, 11) is 0. The first-order valence-corrected chi connectivity index (χ1v) is 15.4. The quantitative estimate of drug-likeness (QED) is 0.0969. The Morgan fingerprint density at radius 2 is 1.30 bits per heavy atom. The molecule has 57 heavy (non-hydrogen) atoms. The minimum Gasteiger partial charge on any atom is -0.475 e. The second kappa shape index (κ2) is 18.4. The number of nitrogen functional groups attached to an aromatic ring is 1. The molecule has 14 nitrogen and oxygen atoms in total. The molecule has 25 heteroatoms. The van der Waals surface area contributed by atoms with E-state index in [2.05, 4.69) is 25.7 Å². The van der Waals surface area contributed by atoms with E-state index in [0.29, 0.717) is 40.1 Å². The predicted molar refractivity (Wildman–Crippen MR) is 175 cm³/mol. The number of carbonyl (C=O) groups is 3. The third kappa shape index (κ3) is 13.6. The van der Waals surface area contributed by atoms with E-state index in [9.17, 15) is 48.3 Å². The van der Waals surface area contributed by atoms with Crippen LogP contribution in [0.15, 0.2) is 65.5 Å². The van der Waals surface area contributed by atoms with Gasteiger partial charge < -0.3 is 36.1 Å². The SMILES string of the molecule is Nc1ncc(-c2cnn(C3CCNCC3)c2)cc1-c1nc2ccc(Nc3cc(F)cc(F)c3)cc2o1.O=C(O)C(F)(F)F.O=C(O)C(F)(F)F.O=C(O)C(F)(F)F. The summed E-state index contributed by atoms with van der Waals surface area (Å²) < 4.78 is 130. The largest absolute Gasteiger partial charge is 0.490 e. The van der Waals surface area contributed by atoms with Crippen molar-refractivity contribution in [3.8, 4) is 22.6 Å². The van der Waals surface area contributed by atoms with Gasteiger partial charge in [0.05, 0.1) is 17.8 Å². The summed E-state index contributed by atoms with van der Waals surface area (Å²) in [5.41, 5.74) is 10.5. The van der Waals surface area contributed by atoms with E-state index >= 15 is 0 Å². The Morgan fingerprint density at radius 1 is 0.772 bits per heavy atom. The zero-order valence-corrected chi connectivity index (χ0v) is 28.2. The molecule has 0 aliphatic carbocycles. The van der Waals surface area contributed by atoms with E-state index in [1.54, 1.807) is 24.4 Å². The van der Waals surface area contributed by atoms with E-state index in [1.807, 2.05) is 23.1 Å². The average molecular weight is 830 g/mol. The van der Waals surface area contributed by atoms with E-state index in [0.717, 1.165) is 43.1 Å². The fraction of sp³-hybridized carbons (Fsp3) is 0.250. The van der Waals surface area contributed by atoms with Crippen LogP contribution in [0, 0.1) is 11.6 Å². The summed E-state index contributed by atoms with van der Waals surface area (Å²) in [5.74, 6) is -8.97. The predicted octanol–water partition coefficient (Wildman–Crippen LogP) is 7.18. The lowest BCUT2D eigenvalue weighted by molar-refractivity contribution is -0.193. The molecule has 0 bridgehead atoms. The van der Waals surface area contributed by atoms with Gasteiger partial charge in [0.15, 0.2) is 5.58 Å².